The summed E-state index contributed by atoms with van der Waals surface area (Å²) in [7, 11) is -0.966. The van der Waals surface area contributed by atoms with Crippen LogP contribution in [-0.4, -0.2) is 16.6 Å². The van der Waals surface area contributed by atoms with Crippen molar-refractivity contribution in [2.45, 2.75) is 4.30 Å². The summed E-state index contributed by atoms with van der Waals surface area (Å²) >= 11 is 1.90. The molecule has 0 aromatic rings. The van der Waals surface area contributed by atoms with Gasteiger partial charge in [-0.15, -0.1) is 0 Å². The maximum absolute atomic E-state index is 8.17. The second-order valence-corrected chi connectivity index (χ2v) is 1.87. The van der Waals surface area contributed by atoms with Crippen molar-refractivity contribution in [3.63, 3.8) is 0 Å². The van der Waals surface area contributed by atoms with Crippen molar-refractivity contribution in [2.75, 3.05) is 0 Å². The molecular formula is CH2BIO3. The molecule has 1 N–H and O–H groups in total. The molecule has 1 heterocycles. The molecule has 1 rings (SSSR count). The smallest absolute Gasteiger partial charge is 0.401 e. The normalized spacial score (nSPS) is 24.0. The Morgan fingerprint density at radius 3 is 2.17 bits per heavy atom. The summed E-state index contributed by atoms with van der Waals surface area (Å²) in [6.07, 6.45) is 0. The standard InChI is InChI=1S/CH2BIO3/c3-1-5-2(4)6-1/h1,4H. The third kappa shape index (κ3) is 0.839. The number of rotatable bonds is 0. The van der Waals surface area contributed by atoms with Gasteiger partial charge < -0.3 is 14.3 Å². The molecule has 6 heavy (non-hydrogen) atoms. The first-order chi connectivity index (χ1) is 2.79. The minimum atomic E-state index is -0.966. The Balaban J connectivity index is 2.11. The first kappa shape index (κ1) is 4.82. The second kappa shape index (κ2) is 1.65. The molecule has 0 aromatic carbocycles. The molecule has 0 aromatic heterocycles. The van der Waals surface area contributed by atoms with Gasteiger partial charge in [0.25, 0.3) is 0 Å². The molecule has 1 aliphatic heterocycles. The van der Waals surface area contributed by atoms with E-state index in [0.29, 0.717) is 0 Å². The summed E-state index contributed by atoms with van der Waals surface area (Å²) in [6.45, 7) is 0. The highest BCUT2D eigenvalue weighted by Gasteiger charge is 2.33. The fourth-order valence-corrected chi connectivity index (χ4v) is 0.696. The van der Waals surface area contributed by atoms with Crippen LogP contribution in [0.2, 0.25) is 0 Å². The molecule has 0 atom stereocenters. The molecule has 1 fully saturated rings. The Bertz CT molecular complexity index is 46.8. The average molecular weight is 200 g/mol. The van der Waals surface area contributed by atoms with Crippen LogP contribution in [0.15, 0.2) is 0 Å². The van der Waals surface area contributed by atoms with E-state index in [9.17, 15) is 0 Å². The van der Waals surface area contributed by atoms with Crippen molar-refractivity contribution in [2.24, 2.45) is 0 Å². The van der Waals surface area contributed by atoms with Crippen LogP contribution < -0.4 is 0 Å². The summed E-state index contributed by atoms with van der Waals surface area (Å²) in [6, 6.07) is 0. The van der Waals surface area contributed by atoms with Gasteiger partial charge in [-0.25, -0.2) is 0 Å². The first-order valence-electron chi connectivity index (χ1n) is 1.42. The summed E-state index contributed by atoms with van der Waals surface area (Å²) in [5.74, 6) is 0. The summed E-state index contributed by atoms with van der Waals surface area (Å²) in [4.78, 5) is 0. The van der Waals surface area contributed by atoms with Gasteiger partial charge in [-0.1, -0.05) is 0 Å². The van der Waals surface area contributed by atoms with Crippen LogP contribution in [0.4, 0.5) is 0 Å². The molecule has 34 valence electrons. The molecule has 0 amide bonds. The fourth-order valence-electron chi connectivity index (χ4n) is 0.193. The lowest BCUT2D eigenvalue weighted by Crippen LogP contribution is -2.41. The van der Waals surface area contributed by atoms with Crippen LogP contribution in [0.1, 0.15) is 0 Å². The SMILES string of the molecule is OB1OC(I)O1. The van der Waals surface area contributed by atoms with Gasteiger partial charge in [0.2, 0.25) is 0 Å². The van der Waals surface area contributed by atoms with Crippen LogP contribution in [0.25, 0.3) is 0 Å². The van der Waals surface area contributed by atoms with Gasteiger partial charge in [0.15, 0.2) is 4.30 Å². The first-order valence-corrected chi connectivity index (χ1v) is 2.66. The van der Waals surface area contributed by atoms with Gasteiger partial charge in [0.05, 0.1) is 0 Å². The third-order valence-electron chi connectivity index (χ3n) is 0.447. The summed E-state index contributed by atoms with van der Waals surface area (Å²) < 4.78 is 8.68. The van der Waals surface area contributed by atoms with Crippen molar-refractivity contribution in [1.82, 2.24) is 0 Å². The minimum Gasteiger partial charge on any atom is -0.401 e. The zero-order chi connectivity index (χ0) is 4.57. The van der Waals surface area contributed by atoms with Crippen LogP contribution in [0.5, 0.6) is 0 Å². The van der Waals surface area contributed by atoms with E-state index in [2.05, 4.69) is 9.31 Å². The third-order valence-corrected chi connectivity index (χ3v) is 1.03. The highest BCUT2D eigenvalue weighted by molar-refractivity contribution is 14.1. The Kier molecular flexibility index (Phi) is 1.33. The van der Waals surface area contributed by atoms with Crippen LogP contribution >= 0.6 is 22.6 Å². The van der Waals surface area contributed by atoms with Crippen LogP contribution in [0, 0.1) is 0 Å². The van der Waals surface area contributed by atoms with E-state index in [4.69, 9.17) is 5.02 Å². The Morgan fingerprint density at radius 1 is 1.67 bits per heavy atom. The van der Waals surface area contributed by atoms with Crippen LogP contribution in [-0.2, 0) is 9.31 Å². The predicted octanol–water partition coefficient (Wildman–Crippen LogP) is -0.271. The van der Waals surface area contributed by atoms with Gasteiger partial charge in [-0.05, 0) is 22.6 Å². The number of halogens is 1. The zero-order valence-corrected chi connectivity index (χ0v) is 4.95. The van der Waals surface area contributed by atoms with Gasteiger partial charge in [0.1, 0.15) is 0 Å². The topological polar surface area (TPSA) is 38.7 Å². The van der Waals surface area contributed by atoms with E-state index in [0.717, 1.165) is 0 Å². The fraction of sp³-hybridized carbons (Fsp3) is 1.00. The lowest BCUT2D eigenvalue weighted by molar-refractivity contribution is -0.0704. The number of hydrogen-bond acceptors (Lipinski definition) is 3. The molecule has 3 nitrogen and oxygen atoms in total. The Labute approximate surface area is 48.9 Å². The lowest BCUT2D eigenvalue weighted by atomic mass is 10.2. The Hall–Kier alpha value is 0.675. The van der Waals surface area contributed by atoms with Gasteiger partial charge in [-0.3, -0.25) is 0 Å². The van der Waals surface area contributed by atoms with Gasteiger partial charge >= 0.3 is 7.32 Å². The molecule has 0 unspecified atom stereocenters. The molecule has 0 saturated carbocycles. The number of alkyl halides is 1. The van der Waals surface area contributed by atoms with E-state index in [1.54, 1.807) is 0 Å². The molecule has 1 saturated heterocycles. The van der Waals surface area contributed by atoms with E-state index >= 15 is 0 Å². The molecule has 0 aliphatic carbocycles. The highest BCUT2D eigenvalue weighted by Crippen LogP contribution is 2.15. The highest BCUT2D eigenvalue weighted by atomic mass is 127. The van der Waals surface area contributed by atoms with Crippen LogP contribution in [0.3, 0.4) is 0 Å². The molecule has 0 radical (unpaired) electrons. The predicted molar refractivity (Wildman–Crippen MR) is 28.0 cm³/mol. The molecule has 1 aliphatic rings. The molecule has 0 bridgehead atoms. The van der Waals surface area contributed by atoms with E-state index in [-0.39, 0.29) is 4.30 Å². The minimum absolute atomic E-state index is 0.238. The maximum Gasteiger partial charge on any atom is 0.641 e. The number of hydrogen-bond donors (Lipinski definition) is 1. The van der Waals surface area contributed by atoms with Gasteiger partial charge in [0, 0.05) is 0 Å². The maximum atomic E-state index is 8.17. The molecule has 5 heteroatoms. The monoisotopic (exact) mass is 200 g/mol. The van der Waals surface area contributed by atoms with Crippen molar-refractivity contribution in [3.8, 4) is 0 Å². The average Bonchev–Trinajstić information content (AvgIpc) is 1.33. The quantitative estimate of drug-likeness (QED) is 0.332. The van der Waals surface area contributed by atoms with Crippen molar-refractivity contribution in [3.05, 3.63) is 0 Å². The zero-order valence-electron chi connectivity index (χ0n) is 2.80. The summed E-state index contributed by atoms with van der Waals surface area (Å²) in [5, 5.41) is 8.17. The van der Waals surface area contributed by atoms with Crippen molar-refractivity contribution in [1.29, 1.82) is 0 Å². The molecule has 0 spiro atoms. The Morgan fingerprint density at radius 2 is 2.17 bits per heavy atom. The van der Waals surface area contributed by atoms with Crippen molar-refractivity contribution < 1.29 is 14.3 Å². The van der Waals surface area contributed by atoms with E-state index < -0.39 is 7.32 Å². The van der Waals surface area contributed by atoms with E-state index in [1.807, 2.05) is 22.6 Å². The van der Waals surface area contributed by atoms with Gasteiger partial charge in [-0.2, -0.15) is 0 Å². The largest absolute Gasteiger partial charge is 0.641 e. The van der Waals surface area contributed by atoms with Crippen molar-refractivity contribution >= 4 is 29.9 Å². The summed E-state index contributed by atoms with van der Waals surface area (Å²) in [5.41, 5.74) is 0. The molecular weight excluding hydrogens is 198 g/mol. The van der Waals surface area contributed by atoms with E-state index in [1.165, 1.54) is 0 Å². The lowest BCUT2D eigenvalue weighted by Gasteiger charge is -2.23. The second-order valence-electron chi connectivity index (χ2n) is 0.854.